The van der Waals surface area contributed by atoms with Crippen LogP contribution in [0.1, 0.15) is 36.8 Å². The average molecular weight is 278 g/mol. The smallest absolute Gasteiger partial charge is 0.345 e. The maximum atomic E-state index is 11.9. The van der Waals surface area contributed by atoms with Crippen molar-refractivity contribution in [2.75, 3.05) is 14.2 Å². The molecule has 0 amide bonds. The van der Waals surface area contributed by atoms with E-state index in [9.17, 15) is 4.79 Å². The van der Waals surface area contributed by atoms with Gasteiger partial charge < -0.3 is 14.0 Å². The molecule has 0 saturated heterocycles. The lowest BCUT2D eigenvalue weighted by Gasteiger charge is -2.10. The van der Waals surface area contributed by atoms with Crippen molar-refractivity contribution in [2.24, 2.45) is 0 Å². The molecule has 0 aliphatic rings. The fraction of sp³-hybridized carbons (Fsp3) is 0.467. The van der Waals surface area contributed by atoms with E-state index in [1.165, 1.54) is 14.2 Å². The van der Waals surface area contributed by atoms with Gasteiger partial charge in [-0.15, -0.1) is 0 Å². The van der Waals surface area contributed by atoms with E-state index in [0.29, 0.717) is 11.4 Å². The van der Waals surface area contributed by atoms with Gasteiger partial charge in [-0.2, -0.15) is 0 Å². The molecule has 5 nitrogen and oxygen atoms in total. The third kappa shape index (κ3) is 2.61. The van der Waals surface area contributed by atoms with E-state index >= 15 is 0 Å². The Morgan fingerprint density at radius 3 is 2.50 bits per heavy atom. The lowest BCUT2D eigenvalue weighted by Crippen LogP contribution is -2.09. The summed E-state index contributed by atoms with van der Waals surface area (Å²) in [5, 5.41) is 0.913. The highest BCUT2D eigenvalue weighted by Gasteiger charge is 2.21. The number of aryl methyl sites for hydroxylation is 2. The lowest BCUT2D eigenvalue weighted by molar-refractivity contribution is 0.0598. The van der Waals surface area contributed by atoms with Crippen LogP contribution < -0.4 is 4.74 Å². The molecule has 0 aliphatic heterocycles. The van der Waals surface area contributed by atoms with Crippen LogP contribution in [0.3, 0.4) is 0 Å². The number of hydrogen-bond donors (Lipinski definition) is 0. The maximum Gasteiger partial charge on any atom is 0.345 e. The van der Waals surface area contributed by atoms with Gasteiger partial charge in [-0.1, -0.05) is 13.8 Å². The maximum absolute atomic E-state index is 11.9. The quantitative estimate of drug-likeness (QED) is 0.809. The zero-order valence-corrected chi connectivity index (χ0v) is 13.0. The van der Waals surface area contributed by atoms with Crippen LogP contribution in [0.4, 0.5) is 0 Å². The van der Waals surface area contributed by atoms with Gasteiger partial charge in [0.15, 0.2) is 0 Å². The van der Waals surface area contributed by atoms with E-state index in [0.717, 1.165) is 23.1 Å². The summed E-state index contributed by atoms with van der Waals surface area (Å²) in [7, 11) is 2.85. The van der Waals surface area contributed by atoms with Crippen LogP contribution in [0.15, 0.2) is 12.3 Å². The number of carbonyl (C=O) groups excluding carboxylic acids is 1. The van der Waals surface area contributed by atoms with Gasteiger partial charge in [0.05, 0.1) is 19.7 Å². The Kier molecular flexibility index (Phi) is 5.55. The molecule has 0 unspecified atom stereocenters. The van der Waals surface area contributed by atoms with Gasteiger partial charge in [0.2, 0.25) is 5.88 Å². The summed E-state index contributed by atoms with van der Waals surface area (Å²) in [5.74, 6) is -0.139. The number of aromatic nitrogens is 2. The molecule has 0 atom stereocenters. The number of nitrogens with zero attached hydrogens (tertiary/aromatic N) is 2. The zero-order chi connectivity index (χ0) is 15.3. The van der Waals surface area contributed by atoms with E-state index in [4.69, 9.17) is 9.47 Å². The molecule has 0 aromatic carbocycles. The minimum Gasteiger partial charge on any atom is -0.480 e. The van der Waals surface area contributed by atoms with Crippen molar-refractivity contribution in [3.63, 3.8) is 0 Å². The van der Waals surface area contributed by atoms with Gasteiger partial charge in [-0.25, -0.2) is 9.78 Å². The van der Waals surface area contributed by atoms with E-state index < -0.39 is 5.97 Å². The number of esters is 1. The molecule has 110 valence electrons. The third-order valence-corrected chi connectivity index (χ3v) is 3.00. The van der Waals surface area contributed by atoms with Crippen LogP contribution in [0.5, 0.6) is 5.88 Å². The number of ether oxygens (including phenoxy) is 2. The highest BCUT2D eigenvalue weighted by atomic mass is 16.5. The molecule has 2 heterocycles. The Labute approximate surface area is 119 Å². The van der Waals surface area contributed by atoms with Gasteiger partial charge in [0, 0.05) is 23.8 Å². The number of pyridine rings is 1. The number of fused-ring (bicyclic) bond motifs is 1. The molecular formula is C15H22N2O3. The van der Waals surface area contributed by atoms with Crippen molar-refractivity contribution in [1.82, 2.24) is 9.55 Å². The molecule has 2 aromatic heterocycles. The Morgan fingerprint density at radius 1 is 1.35 bits per heavy atom. The normalized spacial score (nSPS) is 9.90. The molecule has 0 fully saturated rings. The van der Waals surface area contributed by atoms with Gasteiger partial charge in [-0.3, -0.25) is 0 Å². The molecule has 0 aliphatic carbocycles. The average Bonchev–Trinajstić information content (AvgIpc) is 2.82. The van der Waals surface area contributed by atoms with Crippen LogP contribution in [0.25, 0.3) is 10.9 Å². The van der Waals surface area contributed by atoms with Crippen LogP contribution >= 0.6 is 0 Å². The third-order valence-electron chi connectivity index (χ3n) is 3.00. The van der Waals surface area contributed by atoms with Crippen LogP contribution in [0.2, 0.25) is 0 Å². The van der Waals surface area contributed by atoms with Crippen LogP contribution in [0, 0.1) is 6.92 Å². The lowest BCUT2D eigenvalue weighted by atomic mass is 10.2. The second-order valence-electron chi connectivity index (χ2n) is 3.97. The molecule has 0 spiro atoms. The van der Waals surface area contributed by atoms with Gasteiger partial charge >= 0.3 is 5.97 Å². The van der Waals surface area contributed by atoms with Crippen molar-refractivity contribution in [2.45, 2.75) is 34.2 Å². The summed E-state index contributed by atoms with van der Waals surface area (Å²) in [6.45, 7) is 8.80. The summed E-state index contributed by atoms with van der Waals surface area (Å²) >= 11 is 0. The van der Waals surface area contributed by atoms with Crippen molar-refractivity contribution >= 4 is 16.9 Å². The summed E-state index contributed by atoms with van der Waals surface area (Å²) < 4.78 is 12.0. The van der Waals surface area contributed by atoms with E-state index in [2.05, 4.69) is 4.98 Å². The molecular weight excluding hydrogens is 256 g/mol. The monoisotopic (exact) mass is 278 g/mol. The molecule has 5 heteroatoms. The Hall–Kier alpha value is -2.04. The first-order chi connectivity index (χ1) is 9.63. The summed E-state index contributed by atoms with van der Waals surface area (Å²) in [6, 6.07) is 2.00. The van der Waals surface area contributed by atoms with Gasteiger partial charge in [0.1, 0.15) is 5.56 Å². The summed E-state index contributed by atoms with van der Waals surface area (Å²) in [6.07, 6.45) is 1.71. The fourth-order valence-corrected chi connectivity index (χ4v) is 2.22. The van der Waals surface area contributed by atoms with Crippen LogP contribution in [-0.4, -0.2) is 29.7 Å². The van der Waals surface area contributed by atoms with Crippen molar-refractivity contribution < 1.29 is 14.3 Å². The van der Waals surface area contributed by atoms with E-state index in [-0.39, 0.29) is 0 Å². The standard InChI is InChI=1S/C13H16N2O3.C2H6/c1-5-15-8(2)6-9-7-14-12(17-3)10(11(9)15)13(16)18-4;1-2/h6-7H,5H2,1-4H3;1-2H3. The molecule has 0 saturated carbocycles. The summed E-state index contributed by atoms with van der Waals surface area (Å²) in [5.41, 5.74) is 2.27. The molecule has 2 rings (SSSR count). The van der Waals surface area contributed by atoms with Crippen LogP contribution in [-0.2, 0) is 11.3 Å². The van der Waals surface area contributed by atoms with E-state index in [1.54, 1.807) is 6.20 Å². The van der Waals surface area contributed by atoms with Gasteiger partial charge in [0.25, 0.3) is 0 Å². The predicted octanol–water partition coefficient (Wildman–Crippen LogP) is 3.19. The largest absolute Gasteiger partial charge is 0.480 e. The Morgan fingerprint density at radius 2 is 2.00 bits per heavy atom. The second-order valence-corrected chi connectivity index (χ2v) is 3.97. The van der Waals surface area contributed by atoms with E-state index in [1.807, 2.05) is 38.3 Å². The van der Waals surface area contributed by atoms with Gasteiger partial charge in [-0.05, 0) is 19.9 Å². The first-order valence-corrected chi connectivity index (χ1v) is 6.75. The fourth-order valence-electron chi connectivity index (χ4n) is 2.22. The minimum absolute atomic E-state index is 0.294. The first-order valence-electron chi connectivity index (χ1n) is 6.75. The van der Waals surface area contributed by atoms with Crippen molar-refractivity contribution in [1.29, 1.82) is 0 Å². The number of hydrogen-bond acceptors (Lipinski definition) is 4. The number of carbonyl (C=O) groups is 1. The first kappa shape index (κ1) is 16.0. The Bertz CT molecular complexity index is 603. The van der Waals surface area contributed by atoms with Crippen molar-refractivity contribution in [3.05, 3.63) is 23.5 Å². The number of rotatable bonds is 3. The Balaban J connectivity index is 0.000000956. The predicted molar refractivity (Wildman–Crippen MR) is 79.4 cm³/mol. The second kappa shape index (κ2) is 6.93. The highest BCUT2D eigenvalue weighted by Crippen LogP contribution is 2.29. The zero-order valence-electron chi connectivity index (χ0n) is 13.0. The number of methoxy groups -OCH3 is 2. The molecule has 0 N–H and O–H groups in total. The molecule has 0 radical (unpaired) electrons. The molecule has 0 bridgehead atoms. The van der Waals surface area contributed by atoms with Crippen molar-refractivity contribution in [3.8, 4) is 5.88 Å². The molecule has 20 heavy (non-hydrogen) atoms. The highest BCUT2D eigenvalue weighted by molar-refractivity contribution is 6.05. The molecule has 2 aromatic rings. The SMILES string of the molecule is CC.CCn1c(C)cc2cnc(OC)c(C(=O)OC)c21. The summed E-state index contributed by atoms with van der Waals surface area (Å²) in [4.78, 5) is 16.1. The minimum atomic E-state index is -0.433. The topological polar surface area (TPSA) is 53.4 Å².